The van der Waals surface area contributed by atoms with Crippen LogP contribution in [0.2, 0.25) is 5.02 Å². The van der Waals surface area contributed by atoms with Crippen molar-refractivity contribution in [3.63, 3.8) is 0 Å². The molecule has 2 aromatic carbocycles. The van der Waals surface area contributed by atoms with Gasteiger partial charge in [0, 0.05) is 17.2 Å². The molecule has 0 saturated carbocycles. The molecule has 17 heavy (non-hydrogen) atoms. The molecule has 0 saturated heterocycles. The van der Waals surface area contributed by atoms with Crippen LogP contribution in [0.15, 0.2) is 53.6 Å². The number of rotatable bonds is 1. The molecule has 0 aromatic heterocycles. The standard InChI is InChI=1S/C14H11ClN2/c15-11-6-7-14-12(8-11)13(9-16-17-14)10-4-2-1-3-5-10/h1-9,13,17H. The Morgan fingerprint density at radius 2 is 1.88 bits per heavy atom. The molecule has 3 heteroatoms. The van der Waals surface area contributed by atoms with Gasteiger partial charge in [-0.3, -0.25) is 5.43 Å². The molecule has 0 amide bonds. The van der Waals surface area contributed by atoms with E-state index in [4.69, 9.17) is 11.6 Å². The lowest BCUT2D eigenvalue weighted by molar-refractivity contribution is 1.06. The highest BCUT2D eigenvalue weighted by atomic mass is 35.5. The molecular weight excluding hydrogens is 232 g/mol. The molecule has 0 fully saturated rings. The van der Waals surface area contributed by atoms with Crippen LogP contribution < -0.4 is 5.43 Å². The average Bonchev–Trinajstić information content (AvgIpc) is 2.39. The Morgan fingerprint density at radius 1 is 1.06 bits per heavy atom. The van der Waals surface area contributed by atoms with E-state index in [9.17, 15) is 0 Å². The molecule has 0 radical (unpaired) electrons. The minimum absolute atomic E-state index is 0.172. The third-order valence-corrected chi connectivity index (χ3v) is 3.15. The van der Waals surface area contributed by atoms with Gasteiger partial charge in [0.15, 0.2) is 0 Å². The second-order valence-electron chi connectivity index (χ2n) is 4.01. The lowest BCUT2D eigenvalue weighted by Crippen LogP contribution is -2.11. The van der Waals surface area contributed by atoms with Crippen molar-refractivity contribution in [2.75, 3.05) is 5.43 Å². The van der Waals surface area contributed by atoms with Gasteiger partial charge in [0.25, 0.3) is 0 Å². The zero-order valence-electron chi connectivity index (χ0n) is 9.10. The van der Waals surface area contributed by atoms with Crippen molar-refractivity contribution in [3.8, 4) is 0 Å². The lowest BCUT2D eigenvalue weighted by atomic mass is 9.90. The molecule has 0 aliphatic carbocycles. The molecule has 84 valence electrons. The highest BCUT2D eigenvalue weighted by Gasteiger charge is 2.18. The van der Waals surface area contributed by atoms with Crippen molar-refractivity contribution in [1.82, 2.24) is 0 Å². The zero-order valence-corrected chi connectivity index (χ0v) is 9.85. The van der Waals surface area contributed by atoms with E-state index in [2.05, 4.69) is 22.7 Å². The van der Waals surface area contributed by atoms with E-state index in [-0.39, 0.29) is 5.92 Å². The Labute approximate surface area is 105 Å². The van der Waals surface area contributed by atoms with Crippen LogP contribution in [0.1, 0.15) is 17.0 Å². The maximum atomic E-state index is 6.06. The maximum absolute atomic E-state index is 6.06. The first-order chi connectivity index (χ1) is 8.34. The van der Waals surface area contributed by atoms with Crippen LogP contribution in [0.3, 0.4) is 0 Å². The zero-order chi connectivity index (χ0) is 11.7. The number of halogens is 1. The topological polar surface area (TPSA) is 24.4 Å². The van der Waals surface area contributed by atoms with Crippen LogP contribution in [-0.4, -0.2) is 6.21 Å². The number of anilines is 1. The van der Waals surface area contributed by atoms with Crippen LogP contribution in [-0.2, 0) is 0 Å². The minimum Gasteiger partial charge on any atom is -0.278 e. The van der Waals surface area contributed by atoms with E-state index in [1.165, 1.54) is 11.1 Å². The first-order valence-electron chi connectivity index (χ1n) is 5.48. The van der Waals surface area contributed by atoms with E-state index >= 15 is 0 Å². The molecule has 2 aromatic rings. The second-order valence-corrected chi connectivity index (χ2v) is 4.45. The van der Waals surface area contributed by atoms with Gasteiger partial charge in [-0.05, 0) is 29.3 Å². The lowest BCUT2D eigenvalue weighted by Gasteiger charge is -2.21. The summed E-state index contributed by atoms with van der Waals surface area (Å²) in [6.07, 6.45) is 1.91. The SMILES string of the molecule is Clc1ccc2c(c1)C(c1ccccc1)C=NN2. The van der Waals surface area contributed by atoms with E-state index in [0.29, 0.717) is 0 Å². The third-order valence-electron chi connectivity index (χ3n) is 2.92. The smallest absolute Gasteiger partial charge is 0.0604 e. The number of hydrogen-bond donors (Lipinski definition) is 1. The Hall–Kier alpha value is -1.80. The molecule has 0 spiro atoms. The van der Waals surface area contributed by atoms with E-state index in [1.807, 2.05) is 42.6 Å². The van der Waals surface area contributed by atoms with Gasteiger partial charge in [-0.25, -0.2) is 0 Å². The van der Waals surface area contributed by atoms with E-state index < -0.39 is 0 Å². The van der Waals surface area contributed by atoms with Crippen LogP contribution in [0.25, 0.3) is 0 Å². The first-order valence-corrected chi connectivity index (χ1v) is 5.86. The normalized spacial score (nSPS) is 17.4. The fourth-order valence-corrected chi connectivity index (χ4v) is 2.26. The highest BCUT2D eigenvalue weighted by molar-refractivity contribution is 6.30. The summed E-state index contributed by atoms with van der Waals surface area (Å²) < 4.78 is 0. The molecule has 1 unspecified atom stereocenters. The van der Waals surface area contributed by atoms with Crippen LogP contribution in [0, 0.1) is 0 Å². The number of nitrogens with zero attached hydrogens (tertiary/aromatic N) is 1. The number of hydrogen-bond acceptors (Lipinski definition) is 2. The number of hydrazone groups is 1. The second kappa shape index (κ2) is 4.22. The molecule has 1 aliphatic rings. The molecule has 3 rings (SSSR count). The van der Waals surface area contributed by atoms with Gasteiger partial charge in [-0.2, -0.15) is 5.10 Å². The fourth-order valence-electron chi connectivity index (χ4n) is 2.08. The van der Waals surface area contributed by atoms with Crippen molar-refractivity contribution in [1.29, 1.82) is 0 Å². The summed E-state index contributed by atoms with van der Waals surface area (Å²) >= 11 is 6.06. The van der Waals surface area contributed by atoms with Crippen LogP contribution in [0.5, 0.6) is 0 Å². The summed E-state index contributed by atoms with van der Waals surface area (Å²) in [6, 6.07) is 16.1. The number of nitrogens with one attached hydrogen (secondary N) is 1. The van der Waals surface area contributed by atoms with Crippen LogP contribution >= 0.6 is 11.6 Å². The number of fused-ring (bicyclic) bond motifs is 1. The number of benzene rings is 2. The van der Waals surface area contributed by atoms with Gasteiger partial charge in [0.1, 0.15) is 0 Å². The Bertz CT molecular complexity index is 564. The summed E-state index contributed by atoms with van der Waals surface area (Å²) in [4.78, 5) is 0. The Kier molecular flexibility index (Phi) is 2.57. The Balaban J connectivity index is 2.11. The maximum Gasteiger partial charge on any atom is 0.0604 e. The minimum atomic E-state index is 0.172. The summed E-state index contributed by atoms with van der Waals surface area (Å²) in [6.45, 7) is 0. The summed E-state index contributed by atoms with van der Waals surface area (Å²) in [5.41, 5.74) is 6.41. The van der Waals surface area contributed by atoms with Crippen molar-refractivity contribution in [2.45, 2.75) is 5.92 Å². The van der Waals surface area contributed by atoms with Crippen molar-refractivity contribution in [2.24, 2.45) is 5.10 Å². The monoisotopic (exact) mass is 242 g/mol. The predicted octanol–water partition coefficient (Wildman–Crippen LogP) is 3.88. The highest BCUT2D eigenvalue weighted by Crippen LogP contribution is 2.33. The molecule has 1 atom stereocenters. The van der Waals surface area contributed by atoms with Gasteiger partial charge in [0.05, 0.1) is 5.69 Å². The summed E-state index contributed by atoms with van der Waals surface area (Å²) in [5, 5.41) is 4.94. The van der Waals surface area contributed by atoms with Crippen LogP contribution in [0.4, 0.5) is 5.69 Å². The molecular formula is C14H11ClN2. The van der Waals surface area contributed by atoms with Gasteiger partial charge >= 0.3 is 0 Å². The van der Waals surface area contributed by atoms with Crippen molar-refractivity contribution in [3.05, 3.63) is 64.7 Å². The van der Waals surface area contributed by atoms with E-state index in [0.717, 1.165) is 10.7 Å². The fraction of sp³-hybridized carbons (Fsp3) is 0.0714. The van der Waals surface area contributed by atoms with Gasteiger partial charge in [-0.15, -0.1) is 0 Å². The summed E-state index contributed by atoms with van der Waals surface area (Å²) in [7, 11) is 0. The summed E-state index contributed by atoms with van der Waals surface area (Å²) in [5.74, 6) is 0.172. The third kappa shape index (κ3) is 1.92. The van der Waals surface area contributed by atoms with Crippen molar-refractivity contribution < 1.29 is 0 Å². The van der Waals surface area contributed by atoms with Gasteiger partial charge in [0.2, 0.25) is 0 Å². The average molecular weight is 243 g/mol. The van der Waals surface area contributed by atoms with Crippen molar-refractivity contribution >= 4 is 23.5 Å². The molecule has 1 N–H and O–H groups in total. The predicted molar refractivity (Wildman–Crippen MR) is 71.9 cm³/mol. The van der Waals surface area contributed by atoms with E-state index in [1.54, 1.807) is 0 Å². The molecule has 2 nitrogen and oxygen atoms in total. The molecule has 1 heterocycles. The first kappa shape index (κ1) is 10.4. The molecule has 1 aliphatic heterocycles. The Morgan fingerprint density at radius 3 is 2.71 bits per heavy atom. The van der Waals surface area contributed by atoms with Gasteiger partial charge in [-0.1, -0.05) is 41.9 Å². The van der Waals surface area contributed by atoms with Gasteiger partial charge < -0.3 is 0 Å². The molecule has 0 bridgehead atoms. The largest absolute Gasteiger partial charge is 0.278 e. The quantitative estimate of drug-likeness (QED) is 0.806.